The predicted octanol–water partition coefficient (Wildman–Crippen LogP) is 3.86. The van der Waals surface area contributed by atoms with Gasteiger partial charge in [-0.15, -0.1) is 0 Å². The molecule has 80 valence electrons. The summed E-state index contributed by atoms with van der Waals surface area (Å²) in [5, 5.41) is 5.82. The molecular formula is C12H15BrN2. The van der Waals surface area contributed by atoms with Crippen LogP contribution in [0, 0.1) is 6.92 Å². The first-order chi connectivity index (χ1) is 6.89. The van der Waals surface area contributed by atoms with Crippen LogP contribution in [0.2, 0.25) is 0 Å². The molecule has 0 saturated heterocycles. The molecule has 0 radical (unpaired) electrons. The van der Waals surface area contributed by atoms with Crippen molar-refractivity contribution in [2.45, 2.75) is 33.2 Å². The van der Waals surface area contributed by atoms with Crippen LogP contribution in [-0.4, -0.2) is 9.78 Å². The van der Waals surface area contributed by atoms with Crippen LogP contribution in [0.1, 0.15) is 26.5 Å². The number of aromatic nitrogens is 2. The molecule has 1 aromatic carbocycles. The van der Waals surface area contributed by atoms with Gasteiger partial charge < -0.3 is 0 Å². The second-order valence-electron chi connectivity index (χ2n) is 4.83. The van der Waals surface area contributed by atoms with E-state index in [0.717, 1.165) is 10.2 Å². The third kappa shape index (κ3) is 1.81. The van der Waals surface area contributed by atoms with E-state index >= 15 is 0 Å². The Labute approximate surface area is 98.4 Å². The van der Waals surface area contributed by atoms with Crippen LogP contribution < -0.4 is 0 Å². The molecule has 0 bridgehead atoms. The van der Waals surface area contributed by atoms with Gasteiger partial charge in [0.05, 0.1) is 16.7 Å². The van der Waals surface area contributed by atoms with Gasteiger partial charge in [0.1, 0.15) is 0 Å². The van der Waals surface area contributed by atoms with Crippen molar-refractivity contribution in [3.8, 4) is 0 Å². The van der Waals surface area contributed by atoms with Gasteiger partial charge in [-0.25, -0.2) is 0 Å². The molecule has 0 amide bonds. The van der Waals surface area contributed by atoms with E-state index < -0.39 is 0 Å². The Kier molecular flexibility index (Phi) is 2.38. The van der Waals surface area contributed by atoms with Crippen LogP contribution in [0.25, 0.3) is 10.9 Å². The number of hydrogen-bond acceptors (Lipinski definition) is 1. The lowest BCUT2D eigenvalue weighted by Gasteiger charge is -2.20. The predicted molar refractivity (Wildman–Crippen MR) is 67.2 cm³/mol. The monoisotopic (exact) mass is 266 g/mol. The number of hydrogen-bond donors (Lipinski definition) is 0. The van der Waals surface area contributed by atoms with E-state index in [9.17, 15) is 0 Å². The maximum Gasteiger partial charge on any atom is 0.0692 e. The molecule has 0 N–H and O–H groups in total. The molecule has 2 aromatic rings. The molecule has 15 heavy (non-hydrogen) atoms. The Balaban J connectivity index is 2.79. The molecule has 2 rings (SSSR count). The molecule has 0 aliphatic rings. The van der Waals surface area contributed by atoms with Gasteiger partial charge in [0.25, 0.3) is 0 Å². The largest absolute Gasteiger partial charge is 0.259 e. The minimum Gasteiger partial charge on any atom is -0.259 e. The Hall–Kier alpha value is -0.830. The zero-order chi connectivity index (χ0) is 11.2. The van der Waals surface area contributed by atoms with Crippen molar-refractivity contribution in [2.24, 2.45) is 0 Å². The third-order valence-corrected chi connectivity index (χ3v) is 2.96. The maximum absolute atomic E-state index is 4.60. The first-order valence-electron chi connectivity index (χ1n) is 5.05. The second kappa shape index (κ2) is 3.34. The Morgan fingerprint density at radius 2 is 1.93 bits per heavy atom. The van der Waals surface area contributed by atoms with E-state index in [-0.39, 0.29) is 5.54 Å². The molecule has 0 fully saturated rings. The van der Waals surface area contributed by atoms with Crippen molar-refractivity contribution in [3.63, 3.8) is 0 Å². The fourth-order valence-electron chi connectivity index (χ4n) is 1.75. The van der Waals surface area contributed by atoms with E-state index in [0.29, 0.717) is 0 Å². The van der Waals surface area contributed by atoms with Crippen molar-refractivity contribution in [3.05, 3.63) is 28.4 Å². The van der Waals surface area contributed by atoms with Crippen molar-refractivity contribution in [1.29, 1.82) is 0 Å². The number of benzene rings is 1. The lowest BCUT2D eigenvalue weighted by atomic mass is 10.1. The third-order valence-electron chi connectivity index (χ3n) is 2.46. The number of fused-ring (bicyclic) bond motifs is 1. The van der Waals surface area contributed by atoms with Crippen molar-refractivity contribution in [2.75, 3.05) is 0 Å². The van der Waals surface area contributed by atoms with Crippen molar-refractivity contribution in [1.82, 2.24) is 9.78 Å². The number of nitrogens with zero attached hydrogens (tertiary/aromatic N) is 2. The first-order valence-corrected chi connectivity index (χ1v) is 5.84. The summed E-state index contributed by atoms with van der Waals surface area (Å²) in [6.07, 6.45) is 0. The van der Waals surface area contributed by atoms with Gasteiger partial charge in [-0.05, 0) is 45.9 Å². The van der Waals surface area contributed by atoms with Gasteiger partial charge in [0.15, 0.2) is 0 Å². The zero-order valence-corrected chi connectivity index (χ0v) is 11.1. The van der Waals surface area contributed by atoms with E-state index in [4.69, 9.17) is 0 Å². The van der Waals surface area contributed by atoms with Crippen LogP contribution in [0.3, 0.4) is 0 Å². The number of halogens is 1. The van der Waals surface area contributed by atoms with E-state index in [1.165, 1.54) is 10.9 Å². The van der Waals surface area contributed by atoms with Gasteiger partial charge in [0, 0.05) is 9.86 Å². The molecule has 0 aliphatic heterocycles. The molecule has 0 atom stereocenters. The van der Waals surface area contributed by atoms with E-state index in [1.54, 1.807) is 0 Å². The average molecular weight is 267 g/mol. The first kappa shape index (κ1) is 10.7. The average Bonchev–Trinajstić information content (AvgIpc) is 2.43. The molecule has 0 aliphatic carbocycles. The highest BCUT2D eigenvalue weighted by atomic mass is 79.9. The molecule has 0 spiro atoms. The highest BCUT2D eigenvalue weighted by molar-refractivity contribution is 9.10. The fourth-order valence-corrected chi connectivity index (χ4v) is 2.11. The van der Waals surface area contributed by atoms with Crippen LogP contribution in [0.4, 0.5) is 0 Å². The summed E-state index contributed by atoms with van der Waals surface area (Å²) in [6.45, 7) is 8.56. The molecular weight excluding hydrogens is 252 g/mol. The van der Waals surface area contributed by atoms with Crippen LogP contribution in [0.15, 0.2) is 22.7 Å². The van der Waals surface area contributed by atoms with Crippen molar-refractivity contribution < 1.29 is 0 Å². The molecule has 3 heteroatoms. The summed E-state index contributed by atoms with van der Waals surface area (Å²) < 4.78 is 3.19. The van der Waals surface area contributed by atoms with Crippen LogP contribution >= 0.6 is 15.9 Å². The summed E-state index contributed by atoms with van der Waals surface area (Å²) in [4.78, 5) is 0. The van der Waals surface area contributed by atoms with Gasteiger partial charge in [0.2, 0.25) is 0 Å². The topological polar surface area (TPSA) is 17.8 Å². The Bertz CT molecular complexity index is 506. The van der Waals surface area contributed by atoms with E-state index in [2.05, 4.69) is 71.6 Å². The fraction of sp³-hybridized carbons (Fsp3) is 0.417. The lowest BCUT2D eigenvalue weighted by Crippen LogP contribution is -2.22. The second-order valence-corrected chi connectivity index (χ2v) is 5.75. The molecule has 1 heterocycles. The number of aryl methyl sites for hydroxylation is 1. The van der Waals surface area contributed by atoms with Gasteiger partial charge in [-0.1, -0.05) is 15.9 Å². The van der Waals surface area contributed by atoms with Crippen molar-refractivity contribution >= 4 is 26.8 Å². The highest BCUT2D eigenvalue weighted by Gasteiger charge is 2.18. The van der Waals surface area contributed by atoms with Gasteiger partial charge in [-0.3, -0.25) is 4.68 Å². The molecule has 1 aromatic heterocycles. The molecule has 2 nitrogen and oxygen atoms in total. The number of rotatable bonds is 0. The molecule has 0 unspecified atom stereocenters. The summed E-state index contributed by atoms with van der Waals surface area (Å²) in [5.41, 5.74) is 2.31. The quantitative estimate of drug-likeness (QED) is 0.708. The smallest absolute Gasteiger partial charge is 0.0692 e. The maximum atomic E-state index is 4.60. The SMILES string of the molecule is Cc1nn(C(C)(C)C)c2ccc(Br)cc12. The van der Waals surface area contributed by atoms with Crippen LogP contribution in [0.5, 0.6) is 0 Å². The lowest BCUT2D eigenvalue weighted by molar-refractivity contribution is 0.366. The molecule has 0 saturated carbocycles. The summed E-state index contributed by atoms with van der Waals surface area (Å²) in [6, 6.07) is 6.30. The zero-order valence-electron chi connectivity index (χ0n) is 9.50. The van der Waals surface area contributed by atoms with Gasteiger partial charge >= 0.3 is 0 Å². The Morgan fingerprint density at radius 1 is 1.27 bits per heavy atom. The minimum absolute atomic E-state index is 0.0281. The van der Waals surface area contributed by atoms with Crippen LogP contribution in [-0.2, 0) is 5.54 Å². The summed E-state index contributed by atoms with van der Waals surface area (Å²) in [5.74, 6) is 0. The standard InChI is InChI=1S/C12H15BrN2/c1-8-10-7-9(13)5-6-11(10)15(14-8)12(2,3)4/h5-7H,1-4H3. The minimum atomic E-state index is 0.0281. The van der Waals surface area contributed by atoms with Gasteiger partial charge in [-0.2, -0.15) is 5.10 Å². The summed E-state index contributed by atoms with van der Waals surface area (Å²) in [7, 11) is 0. The van der Waals surface area contributed by atoms with E-state index in [1.807, 2.05) is 0 Å². The normalized spacial score (nSPS) is 12.3. The highest BCUT2D eigenvalue weighted by Crippen LogP contribution is 2.26. The Morgan fingerprint density at radius 3 is 2.53 bits per heavy atom. The summed E-state index contributed by atoms with van der Waals surface area (Å²) >= 11 is 3.49.